The van der Waals surface area contributed by atoms with Crippen LogP contribution in [-0.4, -0.2) is 50.8 Å². The summed E-state index contributed by atoms with van der Waals surface area (Å²) in [5.74, 6) is 2.48. The van der Waals surface area contributed by atoms with E-state index in [1.807, 2.05) is 24.3 Å². The van der Waals surface area contributed by atoms with Crippen molar-refractivity contribution in [1.29, 1.82) is 0 Å². The van der Waals surface area contributed by atoms with Crippen molar-refractivity contribution in [2.45, 2.75) is 25.3 Å². The summed E-state index contributed by atoms with van der Waals surface area (Å²) in [5.41, 5.74) is 0.959. The Hall–Kier alpha value is -1.95. The minimum Gasteiger partial charge on any atom is -0.492 e. The average molecular weight is 299 g/mol. The van der Waals surface area contributed by atoms with Crippen LogP contribution >= 0.6 is 0 Å². The summed E-state index contributed by atoms with van der Waals surface area (Å²) in [4.78, 5) is 4.05. The van der Waals surface area contributed by atoms with Gasteiger partial charge in [-0.2, -0.15) is 4.80 Å². The maximum atomic E-state index is 5.99. The molecule has 3 fully saturated rings. The van der Waals surface area contributed by atoms with Gasteiger partial charge >= 0.3 is 0 Å². The highest BCUT2D eigenvalue weighted by Crippen LogP contribution is 2.32. The highest BCUT2D eigenvalue weighted by atomic mass is 16.5. The van der Waals surface area contributed by atoms with Crippen LogP contribution in [0.2, 0.25) is 0 Å². The predicted octanol–water partition coefficient (Wildman–Crippen LogP) is 1.74. The predicted molar refractivity (Wildman–Crippen MR) is 82.4 cm³/mol. The Morgan fingerprint density at radius 2 is 1.95 bits per heavy atom. The number of hydrogen-bond acceptors (Lipinski definition) is 5. The fourth-order valence-electron chi connectivity index (χ4n) is 3.55. The maximum Gasteiger partial charge on any atom is 0.204 e. The number of rotatable bonds is 4. The van der Waals surface area contributed by atoms with Crippen molar-refractivity contribution in [1.82, 2.24) is 25.1 Å². The first-order chi connectivity index (χ1) is 10.8. The summed E-state index contributed by atoms with van der Waals surface area (Å²) in [7, 11) is 1.77. The number of hydrogen-bond donors (Lipinski definition) is 0. The number of fused-ring (bicyclic) bond motifs is 3. The normalized spacial score (nSPS) is 27.0. The lowest BCUT2D eigenvalue weighted by molar-refractivity contribution is 0.0238. The SMILES string of the molecule is Cn1nnc(-c2ccc(OCC3CC4CCN3CC4)cc2)n1. The molecule has 1 aromatic carbocycles. The number of nitrogens with zero attached hydrogens (tertiary/aromatic N) is 5. The highest BCUT2D eigenvalue weighted by Gasteiger charge is 2.33. The third-order valence-corrected chi connectivity index (χ3v) is 4.83. The van der Waals surface area contributed by atoms with Crippen molar-refractivity contribution in [3.63, 3.8) is 0 Å². The molecule has 1 unspecified atom stereocenters. The molecule has 22 heavy (non-hydrogen) atoms. The van der Waals surface area contributed by atoms with Gasteiger partial charge < -0.3 is 4.74 Å². The van der Waals surface area contributed by atoms with Gasteiger partial charge in [0.2, 0.25) is 5.82 Å². The van der Waals surface area contributed by atoms with E-state index in [2.05, 4.69) is 20.3 Å². The molecule has 3 saturated heterocycles. The van der Waals surface area contributed by atoms with Crippen molar-refractivity contribution < 1.29 is 4.74 Å². The first-order valence-corrected chi connectivity index (χ1v) is 7.99. The molecule has 6 heteroatoms. The van der Waals surface area contributed by atoms with E-state index in [0.717, 1.165) is 23.8 Å². The monoisotopic (exact) mass is 299 g/mol. The Balaban J connectivity index is 1.37. The fourth-order valence-corrected chi connectivity index (χ4v) is 3.55. The molecule has 1 aromatic heterocycles. The average Bonchev–Trinajstić information content (AvgIpc) is 3.01. The van der Waals surface area contributed by atoms with E-state index in [1.54, 1.807) is 7.05 Å². The van der Waals surface area contributed by atoms with Crippen molar-refractivity contribution >= 4 is 0 Å². The van der Waals surface area contributed by atoms with Crippen LogP contribution in [0.4, 0.5) is 0 Å². The molecule has 1 atom stereocenters. The Morgan fingerprint density at radius 1 is 1.18 bits per heavy atom. The van der Waals surface area contributed by atoms with Gasteiger partial charge in [-0.25, -0.2) is 0 Å². The molecule has 0 amide bonds. The van der Waals surface area contributed by atoms with Crippen molar-refractivity contribution in [2.24, 2.45) is 13.0 Å². The third-order valence-electron chi connectivity index (χ3n) is 4.83. The summed E-state index contributed by atoms with van der Waals surface area (Å²) < 4.78 is 5.99. The summed E-state index contributed by atoms with van der Waals surface area (Å²) in [6.07, 6.45) is 4.04. The first kappa shape index (κ1) is 13.7. The summed E-state index contributed by atoms with van der Waals surface area (Å²) >= 11 is 0. The van der Waals surface area contributed by atoms with Crippen molar-refractivity contribution in [3.8, 4) is 17.1 Å². The smallest absolute Gasteiger partial charge is 0.204 e. The fraction of sp³-hybridized carbons (Fsp3) is 0.562. The van der Waals surface area contributed by atoms with E-state index < -0.39 is 0 Å². The van der Waals surface area contributed by atoms with Gasteiger partial charge in [0.1, 0.15) is 12.4 Å². The molecule has 0 spiro atoms. The second-order valence-electron chi connectivity index (χ2n) is 6.31. The molecule has 6 nitrogen and oxygen atoms in total. The van der Waals surface area contributed by atoms with Gasteiger partial charge in [-0.05, 0) is 67.7 Å². The number of tetrazole rings is 1. The molecule has 2 aromatic rings. The number of ether oxygens (including phenoxy) is 1. The van der Waals surface area contributed by atoms with Crippen LogP contribution in [-0.2, 0) is 7.05 Å². The third kappa shape index (κ3) is 2.70. The molecule has 0 N–H and O–H groups in total. The lowest BCUT2D eigenvalue weighted by Gasteiger charge is -2.45. The van der Waals surface area contributed by atoms with Crippen LogP contribution in [0, 0.1) is 5.92 Å². The second-order valence-corrected chi connectivity index (χ2v) is 6.31. The van der Waals surface area contributed by atoms with Gasteiger partial charge in [0.05, 0.1) is 7.05 Å². The van der Waals surface area contributed by atoms with Gasteiger partial charge in [-0.1, -0.05) is 0 Å². The van der Waals surface area contributed by atoms with E-state index in [1.165, 1.54) is 37.1 Å². The number of benzene rings is 1. The number of piperidine rings is 3. The second kappa shape index (κ2) is 5.68. The molecule has 2 bridgehead atoms. The Bertz CT molecular complexity index is 630. The van der Waals surface area contributed by atoms with Crippen LogP contribution in [0.5, 0.6) is 5.75 Å². The topological polar surface area (TPSA) is 56.1 Å². The van der Waals surface area contributed by atoms with Gasteiger partial charge in [0.25, 0.3) is 0 Å². The van der Waals surface area contributed by atoms with Crippen LogP contribution in [0.3, 0.4) is 0 Å². The standard InChI is InChI=1S/C16H21N5O/c1-20-18-16(17-19-20)13-2-4-15(5-3-13)22-11-14-10-12-6-8-21(14)9-7-12/h2-5,12,14H,6-11H2,1H3. The molecule has 116 valence electrons. The molecule has 0 aliphatic carbocycles. The summed E-state index contributed by atoms with van der Waals surface area (Å²) in [6.45, 7) is 3.28. The van der Waals surface area contributed by atoms with Crippen LogP contribution in [0.25, 0.3) is 11.4 Å². The van der Waals surface area contributed by atoms with E-state index in [4.69, 9.17) is 4.74 Å². The van der Waals surface area contributed by atoms with E-state index in [9.17, 15) is 0 Å². The van der Waals surface area contributed by atoms with E-state index in [0.29, 0.717) is 11.9 Å². The Morgan fingerprint density at radius 3 is 2.55 bits per heavy atom. The molecule has 0 radical (unpaired) electrons. The summed E-state index contributed by atoms with van der Waals surface area (Å²) in [5, 5.41) is 12.1. The zero-order chi connectivity index (χ0) is 14.9. The summed E-state index contributed by atoms with van der Waals surface area (Å²) in [6, 6.07) is 8.54. The first-order valence-electron chi connectivity index (χ1n) is 7.99. The van der Waals surface area contributed by atoms with Crippen molar-refractivity contribution in [3.05, 3.63) is 24.3 Å². The maximum absolute atomic E-state index is 5.99. The molecule has 3 aliphatic heterocycles. The van der Waals surface area contributed by atoms with Crippen LogP contribution in [0.1, 0.15) is 19.3 Å². The molecular formula is C16H21N5O. The molecule has 0 saturated carbocycles. The zero-order valence-electron chi connectivity index (χ0n) is 12.9. The molecule has 5 rings (SSSR count). The number of aryl methyl sites for hydroxylation is 1. The molecule has 3 aliphatic rings. The van der Waals surface area contributed by atoms with Gasteiger partial charge in [-0.15, -0.1) is 10.2 Å². The van der Waals surface area contributed by atoms with Crippen LogP contribution < -0.4 is 4.74 Å². The van der Waals surface area contributed by atoms with Crippen LogP contribution in [0.15, 0.2) is 24.3 Å². The quantitative estimate of drug-likeness (QED) is 0.861. The van der Waals surface area contributed by atoms with Gasteiger partial charge in [0.15, 0.2) is 0 Å². The van der Waals surface area contributed by atoms with E-state index in [-0.39, 0.29) is 0 Å². The van der Waals surface area contributed by atoms with Gasteiger partial charge in [0, 0.05) is 11.6 Å². The van der Waals surface area contributed by atoms with Gasteiger partial charge in [-0.3, -0.25) is 4.90 Å². The lowest BCUT2D eigenvalue weighted by Crippen LogP contribution is -2.51. The minimum absolute atomic E-state index is 0.592. The molecule has 4 heterocycles. The lowest BCUT2D eigenvalue weighted by atomic mass is 9.83. The zero-order valence-corrected chi connectivity index (χ0v) is 12.9. The largest absolute Gasteiger partial charge is 0.492 e. The highest BCUT2D eigenvalue weighted by molar-refractivity contribution is 5.55. The minimum atomic E-state index is 0.592. The Labute approximate surface area is 130 Å². The number of aromatic nitrogens is 4. The Kier molecular flexibility index (Phi) is 3.54. The van der Waals surface area contributed by atoms with Crippen molar-refractivity contribution in [2.75, 3.05) is 19.7 Å². The van der Waals surface area contributed by atoms with E-state index >= 15 is 0 Å². The molecular weight excluding hydrogens is 278 g/mol.